The lowest BCUT2D eigenvalue weighted by molar-refractivity contribution is -0.384. The molecular formula is C12H12N2O6S. The first kappa shape index (κ1) is 15.1. The molecule has 0 saturated heterocycles. The van der Waals surface area contributed by atoms with E-state index in [1.165, 1.54) is 0 Å². The molecule has 112 valence electrons. The fourth-order valence-corrected chi connectivity index (χ4v) is 3.38. The third-order valence-corrected chi connectivity index (χ3v) is 4.93. The Bertz CT molecular complexity index is 753. The molecule has 0 unspecified atom stereocenters. The quantitative estimate of drug-likeness (QED) is 0.604. The molecule has 8 nitrogen and oxygen atoms in total. The maximum atomic E-state index is 12.2. The van der Waals surface area contributed by atoms with Crippen molar-refractivity contribution in [1.29, 1.82) is 0 Å². The van der Waals surface area contributed by atoms with Crippen LogP contribution in [0.25, 0.3) is 0 Å². The number of Topliss-reactive ketones (excluding diaryl/α,β-unsaturated/α-hetero) is 1. The molecule has 0 saturated carbocycles. The number of amides is 1. The van der Waals surface area contributed by atoms with Crippen molar-refractivity contribution < 1.29 is 22.9 Å². The highest BCUT2D eigenvalue weighted by molar-refractivity contribution is 7.90. The van der Waals surface area contributed by atoms with E-state index in [2.05, 4.69) is 0 Å². The number of carbonyl (C=O) groups excluding carboxylic acids is 2. The number of ketones is 1. The van der Waals surface area contributed by atoms with Crippen molar-refractivity contribution in [1.82, 2.24) is 4.31 Å². The highest BCUT2D eigenvalue weighted by Crippen LogP contribution is 2.32. The molecular weight excluding hydrogens is 300 g/mol. The van der Waals surface area contributed by atoms with Gasteiger partial charge in [0.2, 0.25) is 0 Å². The SMILES string of the molecule is CC(C)C(=O)CN1C(=O)c2cc([N+](=O)[O-])ccc2S1(=O)=O. The molecule has 1 aliphatic heterocycles. The van der Waals surface area contributed by atoms with Crippen LogP contribution in [0.2, 0.25) is 0 Å². The van der Waals surface area contributed by atoms with Crippen LogP contribution in [-0.4, -0.2) is 35.9 Å². The zero-order valence-corrected chi connectivity index (χ0v) is 12.1. The third kappa shape index (κ3) is 2.40. The molecule has 0 aliphatic carbocycles. The van der Waals surface area contributed by atoms with E-state index < -0.39 is 39.1 Å². The Hall–Kier alpha value is -2.29. The van der Waals surface area contributed by atoms with Gasteiger partial charge in [-0.2, -0.15) is 0 Å². The number of carbonyl (C=O) groups is 2. The molecule has 0 spiro atoms. The van der Waals surface area contributed by atoms with E-state index in [0.29, 0.717) is 4.31 Å². The summed E-state index contributed by atoms with van der Waals surface area (Å²) in [5, 5.41) is 10.7. The van der Waals surface area contributed by atoms with Crippen molar-refractivity contribution in [2.75, 3.05) is 6.54 Å². The lowest BCUT2D eigenvalue weighted by Crippen LogP contribution is -2.36. The van der Waals surface area contributed by atoms with E-state index >= 15 is 0 Å². The molecule has 1 amide bonds. The van der Waals surface area contributed by atoms with E-state index in [9.17, 15) is 28.1 Å². The maximum absolute atomic E-state index is 12.2. The molecule has 0 aromatic heterocycles. The number of benzene rings is 1. The van der Waals surface area contributed by atoms with Crippen LogP contribution >= 0.6 is 0 Å². The van der Waals surface area contributed by atoms with Crippen molar-refractivity contribution in [3.8, 4) is 0 Å². The Morgan fingerprint density at radius 2 is 2.00 bits per heavy atom. The van der Waals surface area contributed by atoms with Gasteiger partial charge in [-0.25, -0.2) is 12.7 Å². The number of nitrogens with zero attached hydrogens (tertiary/aromatic N) is 2. The molecule has 0 atom stereocenters. The van der Waals surface area contributed by atoms with Gasteiger partial charge >= 0.3 is 0 Å². The number of nitro benzene ring substituents is 1. The van der Waals surface area contributed by atoms with Crippen molar-refractivity contribution in [2.24, 2.45) is 5.92 Å². The van der Waals surface area contributed by atoms with Gasteiger partial charge in [0.25, 0.3) is 21.6 Å². The van der Waals surface area contributed by atoms with Gasteiger partial charge in [0.05, 0.1) is 17.0 Å². The molecule has 2 rings (SSSR count). The summed E-state index contributed by atoms with van der Waals surface area (Å²) >= 11 is 0. The first-order valence-corrected chi connectivity index (χ1v) is 7.48. The van der Waals surface area contributed by atoms with Gasteiger partial charge in [0.15, 0.2) is 5.78 Å². The predicted molar refractivity (Wildman–Crippen MR) is 71.2 cm³/mol. The average molecular weight is 312 g/mol. The van der Waals surface area contributed by atoms with Gasteiger partial charge in [-0.15, -0.1) is 0 Å². The van der Waals surface area contributed by atoms with Crippen LogP contribution in [0.4, 0.5) is 5.69 Å². The zero-order chi connectivity index (χ0) is 15.9. The highest BCUT2D eigenvalue weighted by atomic mass is 32.2. The fourth-order valence-electron chi connectivity index (χ4n) is 1.87. The summed E-state index contributed by atoms with van der Waals surface area (Å²) in [6.07, 6.45) is 0. The first-order chi connectivity index (χ1) is 9.66. The molecule has 0 N–H and O–H groups in total. The van der Waals surface area contributed by atoms with Crippen molar-refractivity contribution in [2.45, 2.75) is 18.7 Å². The van der Waals surface area contributed by atoms with Crippen LogP contribution in [0, 0.1) is 16.0 Å². The Labute approximate surface area is 120 Å². The molecule has 21 heavy (non-hydrogen) atoms. The van der Waals surface area contributed by atoms with Crippen molar-refractivity contribution in [3.63, 3.8) is 0 Å². The molecule has 0 fully saturated rings. The molecule has 1 aromatic carbocycles. The minimum absolute atomic E-state index is 0.277. The molecule has 9 heteroatoms. The largest absolute Gasteiger partial charge is 0.297 e. The minimum atomic E-state index is -4.13. The summed E-state index contributed by atoms with van der Waals surface area (Å²) in [6, 6.07) is 2.94. The van der Waals surface area contributed by atoms with Gasteiger partial charge in [-0.1, -0.05) is 13.8 Å². The van der Waals surface area contributed by atoms with Crippen LogP contribution in [0.1, 0.15) is 24.2 Å². The van der Waals surface area contributed by atoms with E-state index in [1.54, 1.807) is 13.8 Å². The summed E-state index contributed by atoms with van der Waals surface area (Å²) in [7, 11) is -4.13. The Morgan fingerprint density at radius 1 is 1.38 bits per heavy atom. The molecule has 0 radical (unpaired) electrons. The van der Waals surface area contributed by atoms with Gasteiger partial charge in [-0.05, 0) is 6.07 Å². The van der Waals surface area contributed by atoms with E-state index in [0.717, 1.165) is 18.2 Å². The maximum Gasteiger partial charge on any atom is 0.270 e. The lowest BCUT2D eigenvalue weighted by Gasteiger charge is -2.15. The standard InChI is InChI=1S/C12H12N2O6S/c1-7(2)10(15)6-13-12(16)9-5-8(14(17)18)3-4-11(9)21(13,19)20/h3-5,7H,6H2,1-2H3. The smallest absolute Gasteiger partial charge is 0.270 e. The number of hydrogen-bond donors (Lipinski definition) is 0. The second-order valence-corrected chi connectivity index (χ2v) is 6.71. The van der Waals surface area contributed by atoms with Crippen LogP contribution in [0.15, 0.2) is 23.1 Å². The number of non-ortho nitro benzene ring substituents is 1. The van der Waals surface area contributed by atoms with E-state index in [1.807, 2.05) is 0 Å². The van der Waals surface area contributed by atoms with Crippen molar-refractivity contribution >= 4 is 27.4 Å². The summed E-state index contributed by atoms with van der Waals surface area (Å²) in [5.74, 6) is -1.75. The van der Waals surface area contributed by atoms with Crippen LogP contribution < -0.4 is 0 Å². The second kappa shape index (κ2) is 4.92. The Morgan fingerprint density at radius 3 is 2.52 bits per heavy atom. The number of rotatable bonds is 4. The topological polar surface area (TPSA) is 115 Å². The van der Waals surface area contributed by atoms with Gasteiger partial charge in [0.1, 0.15) is 4.90 Å². The van der Waals surface area contributed by atoms with Gasteiger partial charge in [-0.3, -0.25) is 19.7 Å². The predicted octanol–water partition coefficient (Wildman–Crippen LogP) is 0.964. The second-order valence-electron chi connectivity index (χ2n) is 4.88. The fraction of sp³-hybridized carbons (Fsp3) is 0.333. The van der Waals surface area contributed by atoms with E-state index in [-0.39, 0.29) is 16.1 Å². The zero-order valence-electron chi connectivity index (χ0n) is 11.3. The highest BCUT2D eigenvalue weighted by Gasteiger charge is 2.43. The summed E-state index contributed by atoms with van der Waals surface area (Å²) in [4.78, 5) is 33.5. The number of hydrogen-bond acceptors (Lipinski definition) is 6. The third-order valence-electron chi connectivity index (χ3n) is 3.14. The number of nitro groups is 1. The Kier molecular flexibility index (Phi) is 3.54. The minimum Gasteiger partial charge on any atom is -0.297 e. The van der Waals surface area contributed by atoms with Gasteiger partial charge in [0, 0.05) is 18.1 Å². The molecule has 1 aliphatic rings. The molecule has 1 aromatic rings. The lowest BCUT2D eigenvalue weighted by atomic mass is 10.1. The monoisotopic (exact) mass is 312 g/mol. The van der Waals surface area contributed by atoms with Crippen LogP contribution in [0.3, 0.4) is 0 Å². The molecule has 0 bridgehead atoms. The number of sulfonamides is 1. The van der Waals surface area contributed by atoms with Crippen molar-refractivity contribution in [3.05, 3.63) is 33.9 Å². The average Bonchev–Trinajstić information content (AvgIpc) is 2.59. The summed E-state index contributed by atoms with van der Waals surface area (Å²) in [6.45, 7) is 2.61. The first-order valence-electron chi connectivity index (χ1n) is 6.04. The van der Waals surface area contributed by atoms with Crippen LogP contribution in [0.5, 0.6) is 0 Å². The van der Waals surface area contributed by atoms with Gasteiger partial charge < -0.3 is 0 Å². The summed E-state index contributed by atoms with van der Waals surface area (Å²) in [5.41, 5.74) is -0.657. The van der Waals surface area contributed by atoms with E-state index in [4.69, 9.17) is 0 Å². The summed E-state index contributed by atoms with van der Waals surface area (Å²) < 4.78 is 24.9. The van der Waals surface area contributed by atoms with Crippen LogP contribution in [-0.2, 0) is 14.8 Å². The Balaban J connectivity index is 2.49. The molecule has 1 heterocycles. The normalized spacial score (nSPS) is 16.1. The number of fused-ring (bicyclic) bond motifs is 1.